The van der Waals surface area contributed by atoms with Crippen LogP contribution in [-0.2, 0) is 11.3 Å². The van der Waals surface area contributed by atoms with E-state index in [1.807, 2.05) is 0 Å². The molecule has 1 saturated heterocycles. The molecule has 2 atom stereocenters. The van der Waals surface area contributed by atoms with Crippen molar-refractivity contribution < 1.29 is 4.74 Å². The van der Waals surface area contributed by atoms with Crippen molar-refractivity contribution in [1.82, 2.24) is 25.1 Å². The van der Waals surface area contributed by atoms with E-state index in [-0.39, 0.29) is 12.1 Å². The molecular weight excluding hydrogens is 313 g/mol. The maximum Gasteiger partial charge on any atom is 0.141 e. The monoisotopic (exact) mass is 327 g/mol. The molecule has 0 spiro atoms. The second-order valence-electron chi connectivity index (χ2n) is 4.99. The normalized spacial score (nSPS) is 22.8. The van der Waals surface area contributed by atoms with Crippen LogP contribution in [0.4, 0.5) is 0 Å². The van der Waals surface area contributed by atoms with Gasteiger partial charge in [0.15, 0.2) is 0 Å². The second-order valence-corrected chi connectivity index (χ2v) is 5.84. The van der Waals surface area contributed by atoms with Gasteiger partial charge in [0.05, 0.1) is 27.9 Å². The number of likely N-dealkylation sites (tertiary alicyclic amines) is 1. The summed E-state index contributed by atoms with van der Waals surface area (Å²) in [5.41, 5.74) is 0.794. The molecule has 1 N–H and O–H groups in total. The van der Waals surface area contributed by atoms with Crippen molar-refractivity contribution in [2.75, 3.05) is 13.7 Å². The van der Waals surface area contributed by atoms with Gasteiger partial charge in [-0.05, 0) is 12.5 Å². The van der Waals surface area contributed by atoms with Gasteiger partial charge in [0, 0.05) is 26.4 Å². The lowest BCUT2D eigenvalue weighted by Crippen LogP contribution is -2.26. The lowest BCUT2D eigenvalue weighted by molar-refractivity contribution is 0.107. The Morgan fingerprint density at radius 2 is 2.29 bits per heavy atom. The van der Waals surface area contributed by atoms with E-state index in [2.05, 4.69) is 25.1 Å². The van der Waals surface area contributed by atoms with Crippen molar-refractivity contribution in [2.45, 2.75) is 25.1 Å². The number of hydrogen-bond acceptors (Lipinski definition) is 5. The van der Waals surface area contributed by atoms with Crippen molar-refractivity contribution in [1.29, 1.82) is 0 Å². The molecule has 2 aromatic heterocycles. The minimum atomic E-state index is 0.117. The fourth-order valence-electron chi connectivity index (χ4n) is 2.62. The third-order valence-electron chi connectivity index (χ3n) is 3.68. The molecule has 0 aliphatic carbocycles. The van der Waals surface area contributed by atoms with Crippen LogP contribution >= 0.6 is 23.2 Å². The molecule has 8 heteroatoms. The summed E-state index contributed by atoms with van der Waals surface area (Å²) in [4.78, 5) is 10.8. The van der Waals surface area contributed by atoms with Gasteiger partial charge in [-0.2, -0.15) is 5.10 Å². The zero-order valence-corrected chi connectivity index (χ0v) is 13.0. The topological polar surface area (TPSA) is 66.9 Å². The van der Waals surface area contributed by atoms with Crippen molar-refractivity contribution in [2.24, 2.45) is 0 Å². The number of pyridine rings is 1. The molecule has 1 aliphatic rings. The minimum Gasteiger partial charge on any atom is -0.380 e. The Labute approximate surface area is 132 Å². The summed E-state index contributed by atoms with van der Waals surface area (Å²) in [6.07, 6.45) is 4.14. The van der Waals surface area contributed by atoms with Crippen LogP contribution in [0.25, 0.3) is 0 Å². The van der Waals surface area contributed by atoms with E-state index in [4.69, 9.17) is 27.9 Å². The number of nitrogens with zero attached hydrogens (tertiary/aromatic N) is 4. The van der Waals surface area contributed by atoms with Crippen LogP contribution in [0.3, 0.4) is 0 Å². The zero-order chi connectivity index (χ0) is 14.8. The molecule has 3 heterocycles. The molecule has 0 saturated carbocycles. The van der Waals surface area contributed by atoms with Gasteiger partial charge in [-0.25, -0.2) is 4.98 Å². The largest absolute Gasteiger partial charge is 0.380 e. The second kappa shape index (κ2) is 6.27. The number of nitrogens with one attached hydrogen (secondary N) is 1. The molecule has 0 radical (unpaired) electrons. The van der Waals surface area contributed by atoms with Gasteiger partial charge in [-0.1, -0.05) is 23.2 Å². The molecule has 6 nitrogen and oxygen atoms in total. The maximum atomic E-state index is 6.21. The van der Waals surface area contributed by atoms with Crippen LogP contribution in [0.2, 0.25) is 10.0 Å². The minimum absolute atomic E-state index is 0.117. The average Bonchev–Trinajstić information content (AvgIpc) is 3.10. The van der Waals surface area contributed by atoms with Crippen molar-refractivity contribution >= 4 is 23.2 Å². The summed E-state index contributed by atoms with van der Waals surface area (Å²) in [6.45, 7) is 1.41. The third kappa shape index (κ3) is 3.18. The van der Waals surface area contributed by atoms with E-state index in [1.165, 1.54) is 6.33 Å². The van der Waals surface area contributed by atoms with Gasteiger partial charge in [0.1, 0.15) is 12.2 Å². The predicted octanol–water partition coefficient (Wildman–Crippen LogP) is 2.47. The van der Waals surface area contributed by atoms with Crippen molar-refractivity contribution in [3.05, 3.63) is 40.2 Å². The van der Waals surface area contributed by atoms with E-state index >= 15 is 0 Å². The number of ether oxygens (including phenoxy) is 1. The number of aromatic amines is 1. The number of H-pyrrole nitrogens is 1. The van der Waals surface area contributed by atoms with E-state index in [0.29, 0.717) is 16.6 Å². The summed E-state index contributed by atoms with van der Waals surface area (Å²) >= 11 is 12.1. The highest BCUT2D eigenvalue weighted by atomic mass is 35.5. The van der Waals surface area contributed by atoms with Gasteiger partial charge in [0.25, 0.3) is 0 Å². The van der Waals surface area contributed by atoms with Gasteiger partial charge in [-0.3, -0.25) is 15.0 Å². The van der Waals surface area contributed by atoms with Crippen LogP contribution < -0.4 is 0 Å². The fraction of sp³-hybridized carbons (Fsp3) is 0.462. The molecule has 112 valence electrons. The first-order chi connectivity index (χ1) is 10.2. The standard InChI is InChI=1S/C13H15Cl2N5O/c1-21-9-3-12(13-17-7-18-19-13)20(5-9)6-11-10(15)2-8(14)4-16-11/h2,4,7,9,12H,3,5-6H2,1H3,(H,17,18,19)/t9-,12+/m1/s1. The van der Waals surface area contributed by atoms with E-state index in [0.717, 1.165) is 24.5 Å². The number of rotatable bonds is 4. The summed E-state index contributed by atoms with van der Waals surface area (Å²) in [5.74, 6) is 0.833. The lowest BCUT2D eigenvalue weighted by Gasteiger charge is -2.22. The Morgan fingerprint density at radius 1 is 1.43 bits per heavy atom. The molecular formula is C13H15Cl2N5O. The third-order valence-corrected chi connectivity index (χ3v) is 4.22. The molecule has 1 fully saturated rings. The van der Waals surface area contributed by atoms with Crippen LogP contribution in [0.5, 0.6) is 0 Å². The fourth-order valence-corrected chi connectivity index (χ4v) is 3.06. The van der Waals surface area contributed by atoms with E-state index in [1.54, 1.807) is 19.4 Å². The molecule has 0 amide bonds. The lowest BCUT2D eigenvalue weighted by atomic mass is 10.2. The van der Waals surface area contributed by atoms with Gasteiger partial charge in [-0.15, -0.1) is 0 Å². The summed E-state index contributed by atoms with van der Waals surface area (Å²) in [6, 6.07) is 1.82. The highest BCUT2D eigenvalue weighted by molar-refractivity contribution is 6.34. The Morgan fingerprint density at radius 3 is 2.95 bits per heavy atom. The Hall–Kier alpha value is -1.21. The van der Waals surface area contributed by atoms with Crippen molar-refractivity contribution in [3.8, 4) is 0 Å². The number of hydrogen-bond donors (Lipinski definition) is 1. The number of halogens is 2. The first kappa shape index (κ1) is 14.7. The molecule has 2 aromatic rings. The van der Waals surface area contributed by atoms with Crippen molar-refractivity contribution in [3.63, 3.8) is 0 Å². The average molecular weight is 328 g/mol. The SMILES string of the molecule is CO[C@@H]1C[C@@H](c2ncn[nH]2)N(Cc2ncc(Cl)cc2Cl)C1. The van der Waals surface area contributed by atoms with Crippen LogP contribution in [0.15, 0.2) is 18.6 Å². The van der Waals surface area contributed by atoms with Gasteiger partial charge in [0.2, 0.25) is 0 Å². The number of methoxy groups -OCH3 is 1. The summed E-state index contributed by atoms with van der Waals surface area (Å²) < 4.78 is 5.48. The molecule has 0 unspecified atom stereocenters. The first-order valence-corrected chi connectivity index (χ1v) is 7.35. The van der Waals surface area contributed by atoms with Crippen LogP contribution in [0.1, 0.15) is 24.0 Å². The Kier molecular flexibility index (Phi) is 4.40. The molecule has 1 aliphatic heterocycles. The maximum absolute atomic E-state index is 6.21. The van der Waals surface area contributed by atoms with E-state index < -0.39 is 0 Å². The van der Waals surface area contributed by atoms with Crippen LogP contribution in [-0.4, -0.2) is 44.8 Å². The van der Waals surface area contributed by atoms with Gasteiger partial charge < -0.3 is 4.74 Å². The van der Waals surface area contributed by atoms with Crippen LogP contribution in [0, 0.1) is 0 Å². The first-order valence-electron chi connectivity index (χ1n) is 6.59. The Bertz CT molecular complexity index is 607. The summed E-state index contributed by atoms with van der Waals surface area (Å²) in [5, 5.41) is 7.96. The highest BCUT2D eigenvalue weighted by Gasteiger charge is 2.35. The zero-order valence-electron chi connectivity index (χ0n) is 11.5. The number of aromatic nitrogens is 4. The smallest absolute Gasteiger partial charge is 0.141 e. The highest BCUT2D eigenvalue weighted by Crippen LogP contribution is 2.33. The Balaban J connectivity index is 1.81. The molecule has 0 aromatic carbocycles. The quantitative estimate of drug-likeness (QED) is 0.934. The molecule has 21 heavy (non-hydrogen) atoms. The summed E-state index contributed by atoms with van der Waals surface area (Å²) in [7, 11) is 1.72. The molecule has 0 bridgehead atoms. The van der Waals surface area contributed by atoms with E-state index in [9.17, 15) is 0 Å². The molecule has 3 rings (SSSR count). The predicted molar refractivity (Wildman–Crippen MR) is 79.2 cm³/mol. The van der Waals surface area contributed by atoms with Gasteiger partial charge >= 0.3 is 0 Å².